The SMILES string of the molecule is CCOC(=O)C1=C(c2ccccc2)N=c2s/c(=C\c3ccc([N+](=O)[O-])cc3)c(=O)n2[C@H]1c1ccc(F)cc1. The van der Waals surface area contributed by atoms with Crippen LogP contribution in [0.5, 0.6) is 0 Å². The van der Waals surface area contributed by atoms with E-state index in [1.165, 1.54) is 41.0 Å². The van der Waals surface area contributed by atoms with Gasteiger partial charge in [-0.05, 0) is 48.4 Å². The zero-order valence-electron chi connectivity index (χ0n) is 20.0. The Bertz CT molecular complexity index is 1740. The molecule has 3 aromatic carbocycles. The summed E-state index contributed by atoms with van der Waals surface area (Å²) in [7, 11) is 0. The third kappa shape index (κ3) is 4.69. The van der Waals surface area contributed by atoms with Crippen molar-refractivity contribution in [3.8, 4) is 0 Å². The molecular weight excluding hydrogens is 509 g/mol. The van der Waals surface area contributed by atoms with Crippen LogP contribution < -0.4 is 14.9 Å². The maximum Gasteiger partial charge on any atom is 0.338 e. The lowest BCUT2D eigenvalue weighted by Crippen LogP contribution is -2.40. The van der Waals surface area contributed by atoms with E-state index in [1.807, 2.05) is 30.3 Å². The summed E-state index contributed by atoms with van der Waals surface area (Å²) in [6.45, 7) is 1.80. The maximum absolute atomic E-state index is 13.8. The van der Waals surface area contributed by atoms with Crippen LogP contribution in [0.4, 0.5) is 10.1 Å². The fraction of sp³-hybridized carbons (Fsp3) is 0.107. The molecule has 0 amide bonds. The molecule has 0 N–H and O–H groups in total. The molecule has 4 aromatic rings. The molecule has 0 radical (unpaired) electrons. The van der Waals surface area contributed by atoms with Gasteiger partial charge in [-0.2, -0.15) is 0 Å². The third-order valence-corrected chi connectivity index (χ3v) is 6.94. The molecule has 1 aliphatic rings. The molecular formula is C28H20FN3O5S. The molecule has 0 aliphatic carbocycles. The number of benzene rings is 3. The Balaban J connectivity index is 1.78. The summed E-state index contributed by atoms with van der Waals surface area (Å²) < 4.78 is 21.0. The van der Waals surface area contributed by atoms with Gasteiger partial charge in [0.05, 0.1) is 33.4 Å². The number of halogens is 1. The summed E-state index contributed by atoms with van der Waals surface area (Å²) in [5.41, 5.74) is 1.82. The lowest BCUT2D eigenvalue weighted by molar-refractivity contribution is -0.384. The molecule has 1 aliphatic heterocycles. The van der Waals surface area contributed by atoms with Crippen molar-refractivity contribution in [1.29, 1.82) is 0 Å². The summed E-state index contributed by atoms with van der Waals surface area (Å²) in [5, 5.41) is 11.0. The highest BCUT2D eigenvalue weighted by molar-refractivity contribution is 7.07. The van der Waals surface area contributed by atoms with Crippen molar-refractivity contribution in [1.82, 2.24) is 4.57 Å². The van der Waals surface area contributed by atoms with Gasteiger partial charge in [0.15, 0.2) is 4.80 Å². The average Bonchev–Trinajstić information content (AvgIpc) is 3.23. The van der Waals surface area contributed by atoms with E-state index in [4.69, 9.17) is 9.73 Å². The standard InChI is InChI=1S/C28H20FN3O5S/c1-2-37-27(34)23-24(18-6-4-3-5-7-18)30-28-31(25(23)19-10-12-20(29)13-11-19)26(33)22(38-28)16-17-8-14-21(15-9-17)32(35)36/h3-16,25H,2H2,1H3/b22-16-/t25-/m0/s1. The second kappa shape index (κ2) is 10.3. The van der Waals surface area contributed by atoms with Crippen LogP contribution in [0.1, 0.15) is 29.7 Å². The van der Waals surface area contributed by atoms with Crippen LogP contribution in [0.15, 0.2) is 94.2 Å². The van der Waals surface area contributed by atoms with Crippen molar-refractivity contribution in [3.05, 3.63) is 137 Å². The van der Waals surface area contributed by atoms with Gasteiger partial charge in [-0.1, -0.05) is 53.8 Å². The van der Waals surface area contributed by atoms with Gasteiger partial charge >= 0.3 is 5.97 Å². The molecule has 190 valence electrons. The number of thiazole rings is 1. The first-order valence-electron chi connectivity index (χ1n) is 11.7. The molecule has 0 bridgehead atoms. The maximum atomic E-state index is 13.8. The largest absolute Gasteiger partial charge is 0.463 e. The number of hydrogen-bond donors (Lipinski definition) is 0. The minimum Gasteiger partial charge on any atom is -0.463 e. The zero-order valence-corrected chi connectivity index (χ0v) is 20.9. The first-order chi connectivity index (χ1) is 18.4. The summed E-state index contributed by atoms with van der Waals surface area (Å²) >= 11 is 1.13. The summed E-state index contributed by atoms with van der Waals surface area (Å²) in [6, 6.07) is 19.6. The van der Waals surface area contributed by atoms with Gasteiger partial charge in [0.1, 0.15) is 5.82 Å². The Kier molecular flexibility index (Phi) is 6.80. The molecule has 0 saturated carbocycles. The minimum absolute atomic E-state index is 0.0634. The molecule has 0 unspecified atom stereocenters. The van der Waals surface area contributed by atoms with Gasteiger partial charge in [-0.3, -0.25) is 19.5 Å². The number of nitro benzene ring substituents is 1. The van der Waals surface area contributed by atoms with E-state index in [1.54, 1.807) is 25.1 Å². The molecule has 1 aromatic heterocycles. The van der Waals surface area contributed by atoms with E-state index in [0.29, 0.717) is 31.7 Å². The molecule has 38 heavy (non-hydrogen) atoms. The van der Waals surface area contributed by atoms with E-state index < -0.39 is 28.3 Å². The van der Waals surface area contributed by atoms with E-state index in [-0.39, 0.29) is 17.9 Å². The van der Waals surface area contributed by atoms with Crippen molar-refractivity contribution in [2.75, 3.05) is 6.61 Å². The number of hydrogen-bond acceptors (Lipinski definition) is 7. The zero-order chi connectivity index (χ0) is 26.8. The molecule has 0 saturated heterocycles. The van der Waals surface area contributed by atoms with Crippen LogP contribution in [0.3, 0.4) is 0 Å². The molecule has 2 heterocycles. The fourth-order valence-corrected chi connectivity index (χ4v) is 5.25. The second-order valence-corrected chi connectivity index (χ2v) is 9.34. The lowest BCUT2D eigenvalue weighted by atomic mass is 9.93. The number of carbonyl (C=O) groups is 1. The van der Waals surface area contributed by atoms with Gasteiger partial charge in [0.2, 0.25) is 0 Å². The van der Waals surface area contributed by atoms with E-state index in [9.17, 15) is 24.1 Å². The molecule has 10 heteroatoms. The molecule has 0 spiro atoms. The number of ether oxygens (including phenoxy) is 1. The van der Waals surface area contributed by atoms with E-state index in [2.05, 4.69) is 0 Å². The summed E-state index contributed by atoms with van der Waals surface area (Å²) in [6.07, 6.45) is 1.62. The van der Waals surface area contributed by atoms with Gasteiger partial charge in [-0.25, -0.2) is 14.2 Å². The monoisotopic (exact) mass is 529 g/mol. The van der Waals surface area contributed by atoms with Crippen LogP contribution in [0, 0.1) is 15.9 Å². The number of fused-ring (bicyclic) bond motifs is 1. The fourth-order valence-electron chi connectivity index (χ4n) is 4.24. The number of nitrogens with zero attached hydrogens (tertiary/aromatic N) is 3. The second-order valence-electron chi connectivity index (χ2n) is 8.33. The highest BCUT2D eigenvalue weighted by atomic mass is 32.1. The van der Waals surface area contributed by atoms with Crippen LogP contribution in [-0.2, 0) is 9.53 Å². The smallest absolute Gasteiger partial charge is 0.338 e. The van der Waals surface area contributed by atoms with Gasteiger partial charge < -0.3 is 4.74 Å². The normalized spacial score (nSPS) is 15.1. The summed E-state index contributed by atoms with van der Waals surface area (Å²) in [5.74, 6) is -1.08. The summed E-state index contributed by atoms with van der Waals surface area (Å²) in [4.78, 5) is 42.7. The van der Waals surface area contributed by atoms with Crippen molar-refractivity contribution in [2.24, 2.45) is 4.99 Å². The van der Waals surface area contributed by atoms with Crippen LogP contribution in [-0.4, -0.2) is 22.1 Å². The van der Waals surface area contributed by atoms with Crippen molar-refractivity contribution in [3.63, 3.8) is 0 Å². The number of aromatic nitrogens is 1. The Labute approximate surface area is 219 Å². The average molecular weight is 530 g/mol. The van der Waals surface area contributed by atoms with Crippen molar-refractivity contribution in [2.45, 2.75) is 13.0 Å². The molecule has 1 atom stereocenters. The Hall–Kier alpha value is -4.70. The predicted molar refractivity (Wildman–Crippen MR) is 141 cm³/mol. The van der Waals surface area contributed by atoms with E-state index >= 15 is 0 Å². The number of carbonyl (C=O) groups excluding carboxylic acids is 1. The third-order valence-electron chi connectivity index (χ3n) is 5.96. The van der Waals surface area contributed by atoms with Crippen LogP contribution >= 0.6 is 11.3 Å². The van der Waals surface area contributed by atoms with Gasteiger partial charge in [0.25, 0.3) is 11.2 Å². The molecule has 8 nitrogen and oxygen atoms in total. The Morgan fingerprint density at radius 2 is 1.79 bits per heavy atom. The van der Waals surface area contributed by atoms with Crippen LogP contribution in [0.25, 0.3) is 11.8 Å². The molecule has 5 rings (SSSR count). The van der Waals surface area contributed by atoms with Crippen molar-refractivity contribution >= 4 is 34.8 Å². The first-order valence-corrected chi connectivity index (χ1v) is 12.5. The number of nitro groups is 1. The predicted octanol–water partition coefficient (Wildman–Crippen LogP) is 3.98. The number of rotatable bonds is 6. The number of non-ortho nitro benzene ring substituents is 1. The first kappa shape index (κ1) is 25.0. The topological polar surface area (TPSA) is 104 Å². The van der Waals surface area contributed by atoms with E-state index in [0.717, 1.165) is 11.3 Å². The lowest BCUT2D eigenvalue weighted by Gasteiger charge is -2.25. The minimum atomic E-state index is -0.917. The van der Waals surface area contributed by atoms with Gasteiger partial charge in [0, 0.05) is 17.7 Å². The van der Waals surface area contributed by atoms with Gasteiger partial charge in [-0.15, -0.1) is 0 Å². The number of esters is 1. The highest BCUT2D eigenvalue weighted by Crippen LogP contribution is 2.35. The quantitative estimate of drug-likeness (QED) is 0.214. The Morgan fingerprint density at radius 1 is 1.11 bits per heavy atom. The van der Waals surface area contributed by atoms with Crippen molar-refractivity contribution < 1.29 is 18.8 Å². The van der Waals surface area contributed by atoms with Crippen LogP contribution in [0.2, 0.25) is 0 Å². The Morgan fingerprint density at radius 3 is 2.42 bits per heavy atom. The highest BCUT2D eigenvalue weighted by Gasteiger charge is 2.35. The molecule has 0 fully saturated rings.